The predicted molar refractivity (Wildman–Crippen MR) is 108 cm³/mol. The summed E-state index contributed by atoms with van der Waals surface area (Å²) in [7, 11) is 0. The Hall–Kier alpha value is -1.70. The van der Waals surface area contributed by atoms with E-state index >= 15 is 0 Å². The Morgan fingerprint density at radius 2 is 1.93 bits per heavy atom. The minimum absolute atomic E-state index is 0.0979. The lowest BCUT2D eigenvalue weighted by Crippen LogP contribution is -2.38. The molecule has 0 aromatic rings. The molecule has 0 bridgehead atoms. The fourth-order valence-electron chi connectivity index (χ4n) is 3.51. The average Bonchev–Trinajstić information content (AvgIpc) is 2.88. The largest absolute Gasteiger partial charge is 0.393 e. The van der Waals surface area contributed by atoms with Crippen molar-refractivity contribution in [3.05, 3.63) is 24.3 Å². The smallest absolute Gasteiger partial charge is 0.321 e. The normalized spacial score (nSPS) is 26.0. The van der Waals surface area contributed by atoms with Gasteiger partial charge in [-0.25, -0.2) is 4.79 Å². The topological polar surface area (TPSA) is 119 Å². The highest BCUT2D eigenvalue weighted by Gasteiger charge is 2.39. The number of urea groups is 1. The predicted octanol–water partition coefficient (Wildman–Crippen LogP) is 2.02. The fourth-order valence-corrected chi connectivity index (χ4v) is 3.51. The molecule has 0 radical (unpaired) electrons. The van der Waals surface area contributed by atoms with Gasteiger partial charge in [0.1, 0.15) is 0 Å². The van der Waals surface area contributed by atoms with Crippen LogP contribution in [0.15, 0.2) is 24.3 Å². The Balaban J connectivity index is 2.42. The van der Waals surface area contributed by atoms with E-state index in [-0.39, 0.29) is 11.8 Å². The van der Waals surface area contributed by atoms with Gasteiger partial charge in [0.15, 0.2) is 0 Å². The van der Waals surface area contributed by atoms with Gasteiger partial charge in [0, 0.05) is 25.8 Å². The summed E-state index contributed by atoms with van der Waals surface area (Å²) in [6.07, 6.45) is 11.2. The summed E-state index contributed by atoms with van der Waals surface area (Å²) < 4.78 is 0. The molecule has 0 aliphatic heterocycles. The van der Waals surface area contributed by atoms with Crippen molar-refractivity contribution in [1.82, 2.24) is 10.6 Å². The van der Waals surface area contributed by atoms with Crippen molar-refractivity contribution in [2.24, 2.45) is 11.8 Å². The molecule has 0 spiro atoms. The summed E-state index contributed by atoms with van der Waals surface area (Å²) in [4.78, 5) is 22.0. The molecule has 7 nitrogen and oxygen atoms in total. The molecular weight excluding hydrogens is 360 g/mol. The van der Waals surface area contributed by atoms with Gasteiger partial charge in [-0.1, -0.05) is 50.5 Å². The van der Waals surface area contributed by atoms with E-state index in [1.807, 2.05) is 18.2 Å². The Kier molecular flexibility index (Phi) is 11.7. The summed E-state index contributed by atoms with van der Waals surface area (Å²) in [5.41, 5.74) is 0. The van der Waals surface area contributed by atoms with Crippen molar-refractivity contribution >= 4 is 11.9 Å². The molecular formula is C21H36N2O5. The number of amides is 3. The molecule has 0 aromatic heterocycles. The minimum Gasteiger partial charge on any atom is -0.393 e. The van der Waals surface area contributed by atoms with Gasteiger partial charge in [-0.2, -0.15) is 0 Å². The first-order valence-electron chi connectivity index (χ1n) is 10.3. The number of hydrogen-bond acceptors (Lipinski definition) is 5. The van der Waals surface area contributed by atoms with Crippen molar-refractivity contribution in [2.75, 3.05) is 6.54 Å². The first kappa shape index (κ1) is 24.3. The highest BCUT2D eigenvalue weighted by Crippen LogP contribution is 2.36. The molecule has 28 heavy (non-hydrogen) atoms. The first-order valence-corrected chi connectivity index (χ1v) is 10.3. The Labute approximate surface area is 167 Å². The van der Waals surface area contributed by atoms with E-state index in [0.29, 0.717) is 32.2 Å². The molecule has 1 rings (SSSR count). The minimum atomic E-state index is -0.607. The quantitative estimate of drug-likeness (QED) is 0.270. The zero-order valence-corrected chi connectivity index (χ0v) is 17.0. The van der Waals surface area contributed by atoms with Gasteiger partial charge in [0.05, 0.1) is 18.3 Å². The molecule has 160 valence electrons. The second kappa shape index (κ2) is 13.5. The van der Waals surface area contributed by atoms with E-state index in [9.17, 15) is 24.9 Å². The second-order valence-electron chi connectivity index (χ2n) is 7.49. The number of unbranched alkanes of at least 4 members (excludes halogenated alkanes) is 2. The van der Waals surface area contributed by atoms with Crippen molar-refractivity contribution in [3.63, 3.8) is 0 Å². The zero-order valence-electron chi connectivity index (χ0n) is 17.0. The van der Waals surface area contributed by atoms with E-state index in [1.54, 1.807) is 6.08 Å². The van der Waals surface area contributed by atoms with Gasteiger partial charge in [0.2, 0.25) is 5.91 Å². The van der Waals surface area contributed by atoms with E-state index < -0.39 is 30.3 Å². The SMILES string of the molecule is CCCCC[C@H](O)/C=C/[C@@H]1[C@@H](C/C=C\CCNC(=O)NC(C)=O)[C@@H](O)C[C@H]1O. The third-order valence-electron chi connectivity index (χ3n) is 5.04. The van der Waals surface area contributed by atoms with Crippen LogP contribution in [0.5, 0.6) is 0 Å². The number of carbonyl (C=O) groups is 2. The third-order valence-corrected chi connectivity index (χ3v) is 5.04. The van der Waals surface area contributed by atoms with Gasteiger partial charge in [-0.3, -0.25) is 10.1 Å². The lowest BCUT2D eigenvalue weighted by atomic mass is 9.89. The van der Waals surface area contributed by atoms with Crippen molar-refractivity contribution in [1.29, 1.82) is 0 Å². The lowest BCUT2D eigenvalue weighted by molar-refractivity contribution is -0.117. The number of nitrogens with one attached hydrogen (secondary N) is 2. The molecule has 1 aliphatic rings. The number of aliphatic hydroxyl groups excluding tert-OH is 3. The van der Waals surface area contributed by atoms with Crippen LogP contribution in [-0.2, 0) is 4.79 Å². The maximum Gasteiger partial charge on any atom is 0.321 e. The number of allylic oxidation sites excluding steroid dienone is 1. The number of aliphatic hydroxyl groups is 3. The van der Waals surface area contributed by atoms with E-state index in [0.717, 1.165) is 19.3 Å². The van der Waals surface area contributed by atoms with E-state index in [2.05, 4.69) is 17.6 Å². The number of imide groups is 1. The Morgan fingerprint density at radius 1 is 1.18 bits per heavy atom. The molecule has 0 aromatic carbocycles. The van der Waals surface area contributed by atoms with Crippen LogP contribution >= 0.6 is 0 Å². The van der Waals surface area contributed by atoms with Crippen LogP contribution in [0.3, 0.4) is 0 Å². The molecule has 1 aliphatic carbocycles. The number of hydrogen-bond donors (Lipinski definition) is 5. The van der Waals surface area contributed by atoms with Gasteiger partial charge in [-0.05, 0) is 25.2 Å². The van der Waals surface area contributed by atoms with Gasteiger partial charge < -0.3 is 20.6 Å². The molecule has 7 heteroatoms. The van der Waals surface area contributed by atoms with E-state index in [1.165, 1.54) is 6.92 Å². The molecule has 0 heterocycles. The molecule has 0 unspecified atom stereocenters. The summed E-state index contributed by atoms with van der Waals surface area (Å²) in [5.74, 6) is -0.685. The maximum absolute atomic E-state index is 11.3. The van der Waals surface area contributed by atoms with Crippen LogP contribution in [-0.4, -0.2) is 52.1 Å². The number of carbonyl (C=O) groups excluding carboxylic acids is 2. The second-order valence-corrected chi connectivity index (χ2v) is 7.49. The molecule has 3 amide bonds. The monoisotopic (exact) mass is 396 g/mol. The van der Waals surface area contributed by atoms with Crippen LogP contribution in [0.2, 0.25) is 0 Å². The zero-order chi connectivity index (χ0) is 20.9. The van der Waals surface area contributed by atoms with Crippen LogP contribution < -0.4 is 10.6 Å². The summed E-state index contributed by atoms with van der Waals surface area (Å²) in [5, 5.41) is 35.2. The van der Waals surface area contributed by atoms with Gasteiger partial charge in [-0.15, -0.1) is 0 Å². The highest BCUT2D eigenvalue weighted by molar-refractivity contribution is 5.92. The summed E-state index contributed by atoms with van der Waals surface area (Å²) in [6.45, 7) is 3.79. The van der Waals surface area contributed by atoms with Crippen molar-refractivity contribution in [3.8, 4) is 0 Å². The van der Waals surface area contributed by atoms with Crippen LogP contribution in [0.1, 0.15) is 58.8 Å². The Morgan fingerprint density at radius 3 is 2.61 bits per heavy atom. The molecule has 5 atom stereocenters. The first-order chi connectivity index (χ1) is 13.3. The molecule has 5 N–H and O–H groups in total. The van der Waals surface area contributed by atoms with E-state index in [4.69, 9.17) is 0 Å². The van der Waals surface area contributed by atoms with Crippen molar-refractivity contribution in [2.45, 2.75) is 77.1 Å². The third kappa shape index (κ3) is 9.48. The summed E-state index contributed by atoms with van der Waals surface area (Å²) >= 11 is 0. The highest BCUT2D eigenvalue weighted by atomic mass is 16.3. The van der Waals surface area contributed by atoms with Crippen LogP contribution in [0.4, 0.5) is 4.79 Å². The number of rotatable bonds is 11. The molecule has 0 saturated heterocycles. The fraction of sp³-hybridized carbons (Fsp3) is 0.714. The molecule has 1 fully saturated rings. The maximum atomic E-state index is 11.3. The Bertz CT molecular complexity index is 535. The van der Waals surface area contributed by atoms with Crippen LogP contribution in [0, 0.1) is 11.8 Å². The summed E-state index contributed by atoms with van der Waals surface area (Å²) in [6, 6.07) is -0.516. The van der Waals surface area contributed by atoms with Gasteiger partial charge >= 0.3 is 6.03 Å². The standard InChI is InChI=1S/C21H36N2O5/c1-3-4-6-9-16(25)11-12-18-17(19(26)14-20(18)27)10-7-5-8-13-22-21(28)23-15(2)24/h5,7,11-12,16-20,25-27H,3-4,6,8-10,13-14H2,1-2H3,(H2,22,23,24,28)/b7-5-,12-11+/t16-,17+,18+,19-,20+/m0/s1. The molecule has 1 saturated carbocycles. The average molecular weight is 397 g/mol. The van der Waals surface area contributed by atoms with Crippen molar-refractivity contribution < 1.29 is 24.9 Å². The van der Waals surface area contributed by atoms with Crippen LogP contribution in [0.25, 0.3) is 0 Å². The lowest BCUT2D eigenvalue weighted by Gasteiger charge is -2.19. The van der Waals surface area contributed by atoms with Gasteiger partial charge in [0.25, 0.3) is 0 Å².